The molecule has 0 radical (unpaired) electrons. The van der Waals surface area contributed by atoms with Crippen molar-refractivity contribution in [3.63, 3.8) is 0 Å². The highest BCUT2D eigenvalue weighted by Crippen LogP contribution is 2.28. The van der Waals surface area contributed by atoms with Crippen molar-refractivity contribution in [2.24, 2.45) is 0 Å². The average molecular weight is 334 g/mol. The highest BCUT2D eigenvalue weighted by atomic mass is 16.5. The van der Waals surface area contributed by atoms with E-state index in [4.69, 9.17) is 9.47 Å². The quantitative estimate of drug-likeness (QED) is 0.705. The van der Waals surface area contributed by atoms with Gasteiger partial charge in [-0.1, -0.05) is 24.3 Å². The van der Waals surface area contributed by atoms with Crippen LogP contribution >= 0.6 is 0 Å². The molecule has 126 valence electrons. The van der Waals surface area contributed by atoms with Crippen LogP contribution in [0.3, 0.4) is 0 Å². The molecule has 2 aromatic carbocycles. The van der Waals surface area contributed by atoms with Crippen molar-refractivity contribution in [3.05, 3.63) is 72.4 Å². The molecule has 0 saturated heterocycles. The lowest BCUT2D eigenvalue weighted by Gasteiger charge is -2.11. The van der Waals surface area contributed by atoms with Gasteiger partial charge >= 0.3 is 5.97 Å². The minimum absolute atomic E-state index is 0.386. The SMILES string of the molecule is COC(=O)c1cc(-c2ccnc(Nc3ccccc3)c2)ccc1OC. The van der Waals surface area contributed by atoms with Crippen molar-refractivity contribution >= 4 is 17.5 Å². The number of hydrogen-bond acceptors (Lipinski definition) is 5. The summed E-state index contributed by atoms with van der Waals surface area (Å²) < 4.78 is 10.1. The summed E-state index contributed by atoms with van der Waals surface area (Å²) in [6, 6.07) is 19.0. The van der Waals surface area contributed by atoms with E-state index in [1.165, 1.54) is 14.2 Å². The molecule has 25 heavy (non-hydrogen) atoms. The molecule has 0 aliphatic rings. The molecule has 0 spiro atoms. The van der Waals surface area contributed by atoms with Gasteiger partial charge in [0.1, 0.15) is 17.1 Å². The predicted molar refractivity (Wildman–Crippen MR) is 97.3 cm³/mol. The molecule has 1 aromatic heterocycles. The van der Waals surface area contributed by atoms with E-state index in [9.17, 15) is 4.79 Å². The Labute approximate surface area is 146 Å². The molecule has 0 atom stereocenters. The zero-order chi connectivity index (χ0) is 17.6. The van der Waals surface area contributed by atoms with Crippen LogP contribution in [0, 0.1) is 0 Å². The summed E-state index contributed by atoms with van der Waals surface area (Å²) in [5, 5.41) is 3.26. The van der Waals surface area contributed by atoms with Crippen molar-refractivity contribution in [3.8, 4) is 16.9 Å². The highest BCUT2D eigenvalue weighted by molar-refractivity contribution is 5.94. The largest absolute Gasteiger partial charge is 0.496 e. The third-order valence-corrected chi connectivity index (χ3v) is 3.74. The van der Waals surface area contributed by atoms with Gasteiger partial charge in [0, 0.05) is 11.9 Å². The number of nitrogens with zero attached hydrogens (tertiary/aromatic N) is 1. The van der Waals surface area contributed by atoms with Gasteiger partial charge in [-0.2, -0.15) is 0 Å². The second-order valence-corrected chi connectivity index (χ2v) is 5.33. The van der Waals surface area contributed by atoms with Gasteiger partial charge in [0.15, 0.2) is 0 Å². The van der Waals surface area contributed by atoms with E-state index in [0.717, 1.165) is 22.6 Å². The monoisotopic (exact) mass is 334 g/mol. The first kappa shape index (κ1) is 16.5. The maximum Gasteiger partial charge on any atom is 0.341 e. The summed E-state index contributed by atoms with van der Waals surface area (Å²) in [7, 11) is 2.87. The third kappa shape index (κ3) is 3.77. The average Bonchev–Trinajstić information content (AvgIpc) is 2.68. The predicted octanol–water partition coefficient (Wildman–Crippen LogP) is 4.29. The Morgan fingerprint density at radius 1 is 0.960 bits per heavy atom. The Bertz CT molecular complexity index is 879. The van der Waals surface area contributed by atoms with Crippen LogP contribution in [0.25, 0.3) is 11.1 Å². The van der Waals surface area contributed by atoms with Gasteiger partial charge in [-0.05, 0) is 47.5 Å². The lowest BCUT2D eigenvalue weighted by molar-refractivity contribution is 0.0597. The molecule has 1 heterocycles. The number of ether oxygens (including phenoxy) is 2. The number of carbonyl (C=O) groups excluding carboxylic acids is 1. The number of hydrogen-bond donors (Lipinski definition) is 1. The molecule has 3 aromatic rings. The number of benzene rings is 2. The van der Waals surface area contributed by atoms with Crippen LogP contribution in [0.2, 0.25) is 0 Å². The smallest absolute Gasteiger partial charge is 0.341 e. The highest BCUT2D eigenvalue weighted by Gasteiger charge is 2.14. The van der Waals surface area contributed by atoms with Gasteiger partial charge in [-0.25, -0.2) is 9.78 Å². The lowest BCUT2D eigenvalue weighted by Crippen LogP contribution is -2.04. The molecule has 0 aliphatic heterocycles. The van der Waals surface area contributed by atoms with Crippen molar-refractivity contribution in [2.75, 3.05) is 19.5 Å². The van der Waals surface area contributed by atoms with E-state index in [1.807, 2.05) is 48.5 Å². The van der Waals surface area contributed by atoms with Crippen molar-refractivity contribution in [1.29, 1.82) is 0 Å². The van der Waals surface area contributed by atoms with E-state index in [1.54, 1.807) is 18.3 Å². The van der Waals surface area contributed by atoms with Crippen LogP contribution in [-0.2, 0) is 4.74 Å². The number of methoxy groups -OCH3 is 2. The first-order valence-electron chi connectivity index (χ1n) is 7.76. The normalized spacial score (nSPS) is 10.2. The molecule has 5 heteroatoms. The number of pyridine rings is 1. The second kappa shape index (κ2) is 7.49. The Morgan fingerprint density at radius 2 is 1.72 bits per heavy atom. The number of anilines is 2. The molecule has 5 nitrogen and oxygen atoms in total. The zero-order valence-corrected chi connectivity index (χ0v) is 14.0. The fourth-order valence-electron chi connectivity index (χ4n) is 2.50. The van der Waals surface area contributed by atoms with Gasteiger partial charge in [0.25, 0.3) is 0 Å². The van der Waals surface area contributed by atoms with Gasteiger partial charge in [0.05, 0.1) is 14.2 Å². The Hall–Kier alpha value is -3.34. The summed E-state index contributed by atoms with van der Waals surface area (Å²) in [4.78, 5) is 16.3. The molecule has 3 rings (SSSR count). The number of rotatable bonds is 5. The van der Waals surface area contributed by atoms with Crippen LogP contribution in [0.1, 0.15) is 10.4 Å². The first-order valence-corrected chi connectivity index (χ1v) is 7.76. The van der Waals surface area contributed by atoms with Gasteiger partial charge in [-0.3, -0.25) is 0 Å². The van der Waals surface area contributed by atoms with Crippen LogP contribution < -0.4 is 10.1 Å². The maximum absolute atomic E-state index is 12.0. The third-order valence-electron chi connectivity index (χ3n) is 3.74. The molecule has 0 aliphatic carbocycles. The number of esters is 1. The summed E-state index contributed by atoms with van der Waals surface area (Å²) in [5.74, 6) is 0.766. The number of nitrogens with one attached hydrogen (secondary N) is 1. The van der Waals surface area contributed by atoms with Crippen LogP contribution in [0.4, 0.5) is 11.5 Å². The minimum atomic E-state index is -0.435. The Balaban J connectivity index is 1.94. The van der Waals surface area contributed by atoms with Crippen LogP contribution in [-0.4, -0.2) is 25.2 Å². The van der Waals surface area contributed by atoms with Crippen molar-refractivity contribution < 1.29 is 14.3 Å². The second-order valence-electron chi connectivity index (χ2n) is 5.33. The lowest BCUT2D eigenvalue weighted by atomic mass is 10.0. The van der Waals surface area contributed by atoms with E-state index < -0.39 is 5.97 Å². The standard InChI is InChI=1S/C20H18N2O3/c1-24-18-9-8-14(12-17(18)20(23)25-2)15-10-11-21-19(13-15)22-16-6-4-3-5-7-16/h3-13H,1-2H3,(H,21,22). The van der Waals surface area contributed by atoms with E-state index in [-0.39, 0.29) is 0 Å². The number of para-hydroxylation sites is 1. The van der Waals surface area contributed by atoms with E-state index in [2.05, 4.69) is 10.3 Å². The molecule has 0 saturated carbocycles. The molecule has 1 N–H and O–H groups in total. The maximum atomic E-state index is 12.0. The van der Waals surface area contributed by atoms with Crippen LogP contribution in [0.15, 0.2) is 66.9 Å². The molecule has 0 bridgehead atoms. The first-order chi connectivity index (χ1) is 12.2. The van der Waals surface area contributed by atoms with E-state index in [0.29, 0.717) is 11.3 Å². The molecule has 0 unspecified atom stereocenters. The Morgan fingerprint density at radius 3 is 2.44 bits per heavy atom. The van der Waals surface area contributed by atoms with Gasteiger partial charge < -0.3 is 14.8 Å². The summed E-state index contributed by atoms with van der Waals surface area (Å²) >= 11 is 0. The van der Waals surface area contributed by atoms with Gasteiger partial charge in [-0.15, -0.1) is 0 Å². The number of carbonyl (C=O) groups is 1. The fraction of sp³-hybridized carbons (Fsp3) is 0.100. The molecule has 0 fully saturated rings. The minimum Gasteiger partial charge on any atom is -0.496 e. The molecular formula is C20H18N2O3. The Kier molecular flexibility index (Phi) is 4.95. The number of aromatic nitrogens is 1. The fourth-order valence-corrected chi connectivity index (χ4v) is 2.50. The van der Waals surface area contributed by atoms with Gasteiger partial charge in [0.2, 0.25) is 0 Å². The summed E-state index contributed by atoms with van der Waals surface area (Å²) in [5.41, 5.74) is 3.15. The molecular weight excluding hydrogens is 316 g/mol. The van der Waals surface area contributed by atoms with Crippen LogP contribution in [0.5, 0.6) is 5.75 Å². The van der Waals surface area contributed by atoms with Crippen molar-refractivity contribution in [1.82, 2.24) is 4.98 Å². The summed E-state index contributed by atoms with van der Waals surface area (Å²) in [6.45, 7) is 0. The zero-order valence-electron chi connectivity index (χ0n) is 14.0. The van der Waals surface area contributed by atoms with E-state index >= 15 is 0 Å². The summed E-state index contributed by atoms with van der Waals surface area (Å²) in [6.07, 6.45) is 1.72. The molecule has 0 amide bonds. The topological polar surface area (TPSA) is 60.5 Å². The van der Waals surface area contributed by atoms with Crippen molar-refractivity contribution in [2.45, 2.75) is 0 Å².